The number of carbonyl (C=O) groups is 1. The fourth-order valence-corrected chi connectivity index (χ4v) is 3.51. The largest absolute Gasteiger partial charge is 0.462 e. The van der Waals surface area contributed by atoms with Crippen LogP contribution in [0.1, 0.15) is 76.4 Å². The Kier molecular flexibility index (Phi) is 6.19. The Morgan fingerprint density at radius 3 is 2.42 bits per heavy atom. The van der Waals surface area contributed by atoms with E-state index in [-0.39, 0.29) is 5.97 Å². The average Bonchev–Trinajstić information content (AvgIpc) is 2.54. The van der Waals surface area contributed by atoms with E-state index in [0.717, 1.165) is 24.5 Å². The van der Waals surface area contributed by atoms with Gasteiger partial charge >= 0.3 is 5.97 Å². The van der Waals surface area contributed by atoms with Crippen molar-refractivity contribution in [3.8, 4) is 0 Å². The van der Waals surface area contributed by atoms with E-state index in [1.165, 1.54) is 19.2 Å². The third-order valence-corrected chi connectivity index (χ3v) is 5.03. The van der Waals surface area contributed by atoms with Crippen LogP contribution in [0, 0.1) is 11.3 Å². The molecule has 1 aliphatic carbocycles. The van der Waals surface area contributed by atoms with Crippen molar-refractivity contribution in [2.24, 2.45) is 11.3 Å². The van der Waals surface area contributed by atoms with Gasteiger partial charge in [-0.1, -0.05) is 27.7 Å². The molecule has 2 rings (SSSR count). The minimum Gasteiger partial charge on any atom is -0.462 e. The summed E-state index contributed by atoms with van der Waals surface area (Å²) in [4.78, 5) is 20.9. The fraction of sp³-hybridized carbons (Fsp3) is 0.737. The van der Waals surface area contributed by atoms with Crippen molar-refractivity contribution in [3.63, 3.8) is 0 Å². The number of aromatic nitrogens is 2. The molecule has 0 atom stereocenters. The van der Waals surface area contributed by atoms with Crippen LogP contribution in [0.15, 0.2) is 6.33 Å². The van der Waals surface area contributed by atoms with E-state index in [1.54, 1.807) is 0 Å². The van der Waals surface area contributed by atoms with Crippen molar-refractivity contribution >= 4 is 11.8 Å². The number of esters is 1. The highest BCUT2D eigenvalue weighted by molar-refractivity contribution is 5.95. The summed E-state index contributed by atoms with van der Waals surface area (Å²) in [5.41, 5.74) is 1.61. The predicted molar refractivity (Wildman–Crippen MR) is 96.2 cm³/mol. The summed E-state index contributed by atoms with van der Waals surface area (Å²) in [6.45, 7) is 11.1. The highest BCUT2D eigenvalue weighted by Gasteiger charge is 2.30. The predicted octanol–water partition coefficient (Wildman–Crippen LogP) is 4.23. The van der Waals surface area contributed by atoms with Gasteiger partial charge in [0.15, 0.2) is 0 Å². The van der Waals surface area contributed by atoms with Gasteiger partial charge in [0.2, 0.25) is 0 Å². The molecule has 134 valence electrons. The summed E-state index contributed by atoms with van der Waals surface area (Å²) < 4.78 is 5.20. The maximum absolute atomic E-state index is 12.3. The van der Waals surface area contributed by atoms with Crippen molar-refractivity contribution < 1.29 is 9.53 Å². The van der Waals surface area contributed by atoms with Gasteiger partial charge in [-0.15, -0.1) is 0 Å². The zero-order chi connectivity index (χ0) is 17.7. The second-order valence-corrected chi connectivity index (χ2v) is 7.68. The molecule has 0 amide bonds. The molecule has 1 aromatic heterocycles. The number of anilines is 1. The number of ether oxygens (including phenoxy) is 1. The molecule has 5 nitrogen and oxygen atoms in total. The Labute approximate surface area is 145 Å². The maximum Gasteiger partial charge on any atom is 0.343 e. The van der Waals surface area contributed by atoms with Crippen LogP contribution in [-0.4, -0.2) is 28.6 Å². The zero-order valence-electron chi connectivity index (χ0n) is 15.7. The van der Waals surface area contributed by atoms with E-state index in [2.05, 4.69) is 36.1 Å². The van der Waals surface area contributed by atoms with Gasteiger partial charge < -0.3 is 10.1 Å². The highest BCUT2D eigenvalue weighted by Crippen LogP contribution is 2.38. The van der Waals surface area contributed by atoms with E-state index >= 15 is 0 Å². The number of carbonyl (C=O) groups excluding carboxylic acids is 1. The topological polar surface area (TPSA) is 64.1 Å². The lowest BCUT2D eigenvalue weighted by atomic mass is 9.71. The molecular formula is C19H31N3O2. The number of hydrogen-bond acceptors (Lipinski definition) is 5. The van der Waals surface area contributed by atoms with Gasteiger partial charge in [-0.2, -0.15) is 0 Å². The van der Waals surface area contributed by atoms with Crippen LogP contribution in [0.5, 0.6) is 0 Å². The molecular weight excluding hydrogens is 302 g/mol. The molecule has 0 aliphatic heterocycles. The van der Waals surface area contributed by atoms with Crippen LogP contribution in [0.4, 0.5) is 5.82 Å². The van der Waals surface area contributed by atoms with E-state index in [9.17, 15) is 4.79 Å². The molecule has 0 aromatic carbocycles. The summed E-state index contributed by atoms with van der Waals surface area (Å²) in [7, 11) is 0. The van der Waals surface area contributed by atoms with Crippen molar-refractivity contribution in [3.05, 3.63) is 17.6 Å². The van der Waals surface area contributed by atoms with Crippen molar-refractivity contribution in [1.29, 1.82) is 0 Å². The van der Waals surface area contributed by atoms with Crippen molar-refractivity contribution in [2.75, 3.05) is 11.9 Å². The van der Waals surface area contributed by atoms with Gasteiger partial charge in [-0.05, 0) is 50.4 Å². The first-order chi connectivity index (χ1) is 11.4. The van der Waals surface area contributed by atoms with Crippen LogP contribution in [0.25, 0.3) is 0 Å². The summed E-state index contributed by atoms with van der Waals surface area (Å²) in [5, 5.41) is 3.48. The molecule has 0 saturated heterocycles. The van der Waals surface area contributed by atoms with Gasteiger partial charge in [0.25, 0.3) is 0 Å². The van der Waals surface area contributed by atoms with E-state index in [4.69, 9.17) is 4.74 Å². The molecule has 1 fully saturated rings. The Bertz CT molecular complexity index is 558. The Hall–Kier alpha value is -1.65. The molecule has 1 N–H and O–H groups in total. The monoisotopic (exact) mass is 333 g/mol. The van der Waals surface area contributed by atoms with Gasteiger partial charge in [-0.3, -0.25) is 0 Å². The summed E-state index contributed by atoms with van der Waals surface area (Å²) in [6, 6.07) is 0.358. The van der Waals surface area contributed by atoms with Crippen LogP contribution < -0.4 is 5.32 Å². The first kappa shape index (κ1) is 18.7. The molecule has 1 saturated carbocycles. The van der Waals surface area contributed by atoms with Crippen LogP contribution in [0.2, 0.25) is 0 Å². The molecule has 0 bridgehead atoms. The number of nitrogens with zero attached hydrogens (tertiary/aromatic N) is 2. The molecule has 0 unspecified atom stereocenters. The minimum absolute atomic E-state index is 0.333. The van der Waals surface area contributed by atoms with Gasteiger partial charge in [0, 0.05) is 6.04 Å². The van der Waals surface area contributed by atoms with Gasteiger partial charge in [0.05, 0.1) is 12.3 Å². The molecule has 1 aromatic rings. The second kappa shape index (κ2) is 7.95. The Morgan fingerprint density at radius 2 is 1.88 bits per heavy atom. The van der Waals surface area contributed by atoms with Crippen LogP contribution in [0.3, 0.4) is 0 Å². The van der Waals surface area contributed by atoms with Crippen molar-refractivity contribution in [1.82, 2.24) is 9.97 Å². The standard InChI is InChI=1S/C19H31N3O2/c1-6-15-16(18(23)24-7-2)17(21-12-20-15)22-14-10-8-13(9-11-14)19(3,4)5/h12-14H,6-11H2,1-5H3,(H,20,21,22). The normalized spacial score (nSPS) is 21.4. The lowest BCUT2D eigenvalue weighted by molar-refractivity contribution is 0.0525. The van der Waals surface area contributed by atoms with Crippen molar-refractivity contribution in [2.45, 2.75) is 72.8 Å². The summed E-state index contributed by atoms with van der Waals surface area (Å²) in [6.07, 6.45) is 6.85. The first-order valence-corrected chi connectivity index (χ1v) is 9.14. The fourth-order valence-electron chi connectivity index (χ4n) is 3.51. The smallest absolute Gasteiger partial charge is 0.343 e. The number of rotatable bonds is 5. The number of nitrogens with one attached hydrogen (secondary N) is 1. The lowest BCUT2D eigenvalue weighted by Crippen LogP contribution is -2.32. The summed E-state index contributed by atoms with van der Waals surface area (Å²) >= 11 is 0. The molecule has 0 radical (unpaired) electrons. The second-order valence-electron chi connectivity index (χ2n) is 7.68. The first-order valence-electron chi connectivity index (χ1n) is 9.14. The number of aryl methyl sites for hydroxylation is 1. The quantitative estimate of drug-likeness (QED) is 0.817. The molecule has 1 heterocycles. The Morgan fingerprint density at radius 1 is 1.21 bits per heavy atom. The molecule has 1 aliphatic rings. The van der Waals surface area contributed by atoms with E-state index in [1.807, 2.05) is 13.8 Å². The average molecular weight is 333 g/mol. The Balaban J connectivity index is 2.12. The van der Waals surface area contributed by atoms with Gasteiger partial charge in [-0.25, -0.2) is 14.8 Å². The number of hydrogen-bond donors (Lipinski definition) is 1. The SMILES string of the molecule is CCOC(=O)c1c(CC)ncnc1NC1CCC(C(C)(C)C)CC1. The maximum atomic E-state index is 12.3. The third kappa shape index (κ3) is 4.46. The van der Waals surface area contributed by atoms with Crippen LogP contribution >= 0.6 is 0 Å². The van der Waals surface area contributed by atoms with E-state index < -0.39 is 0 Å². The summed E-state index contributed by atoms with van der Waals surface area (Å²) in [5.74, 6) is 1.05. The van der Waals surface area contributed by atoms with Gasteiger partial charge in [0.1, 0.15) is 17.7 Å². The molecule has 0 spiro atoms. The lowest BCUT2D eigenvalue weighted by Gasteiger charge is -2.37. The van der Waals surface area contributed by atoms with E-state index in [0.29, 0.717) is 35.9 Å². The van der Waals surface area contributed by atoms with Crippen LogP contribution in [-0.2, 0) is 11.2 Å². The highest BCUT2D eigenvalue weighted by atomic mass is 16.5. The third-order valence-electron chi connectivity index (χ3n) is 5.03. The minimum atomic E-state index is -0.333. The molecule has 24 heavy (non-hydrogen) atoms. The zero-order valence-corrected chi connectivity index (χ0v) is 15.7. The molecule has 5 heteroatoms.